The van der Waals surface area contributed by atoms with Gasteiger partial charge in [0.15, 0.2) is 0 Å². The molecular weight excluding hydrogens is 220 g/mol. The van der Waals surface area contributed by atoms with Crippen molar-refractivity contribution in [1.29, 1.82) is 0 Å². The van der Waals surface area contributed by atoms with Crippen LogP contribution in [-0.4, -0.2) is 30.1 Å². The van der Waals surface area contributed by atoms with Gasteiger partial charge in [-0.15, -0.1) is 0 Å². The third-order valence-corrected chi connectivity index (χ3v) is 3.55. The summed E-state index contributed by atoms with van der Waals surface area (Å²) in [7, 11) is 0. The zero-order chi connectivity index (χ0) is 13.1. The van der Waals surface area contributed by atoms with Gasteiger partial charge in [-0.1, -0.05) is 20.8 Å². The first-order chi connectivity index (χ1) is 7.94. The van der Waals surface area contributed by atoms with E-state index in [9.17, 15) is 9.59 Å². The number of nitrogens with two attached hydrogens (primary N) is 1. The van der Waals surface area contributed by atoms with E-state index in [0.717, 1.165) is 6.42 Å². The zero-order valence-corrected chi connectivity index (χ0v) is 10.8. The summed E-state index contributed by atoms with van der Waals surface area (Å²) in [5, 5.41) is 2.78. The lowest BCUT2D eigenvalue weighted by molar-refractivity contribution is -0.138. The summed E-state index contributed by atoms with van der Waals surface area (Å²) >= 11 is 0. The second kappa shape index (κ2) is 5.49. The van der Waals surface area contributed by atoms with Crippen LogP contribution in [0.5, 0.6) is 0 Å². The first-order valence-electron chi connectivity index (χ1n) is 6.17. The van der Waals surface area contributed by atoms with Gasteiger partial charge in [0.1, 0.15) is 11.6 Å². The Hall–Kier alpha value is -1.10. The Labute approximate surface area is 102 Å². The molecule has 1 aliphatic rings. The van der Waals surface area contributed by atoms with E-state index in [0.29, 0.717) is 19.4 Å². The Bertz CT molecular complexity index is 298. The fourth-order valence-corrected chi connectivity index (χ4v) is 2.25. The fourth-order valence-electron chi connectivity index (χ4n) is 2.25. The predicted molar refractivity (Wildman–Crippen MR) is 64.2 cm³/mol. The maximum absolute atomic E-state index is 12.0. The molecule has 1 rings (SSSR count). The molecule has 1 aliphatic heterocycles. The number of ether oxygens (including phenoxy) is 1. The average Bonchev–Trinajstić information content (AvgIpc) is 2.77. The highest BCUT2D eigenvalue weighted by atomic mass is 16.5. The molecule has 0 radical (unpaired) electrons. The fraction of sp³-hybridized carbons (Fsp3) is 0.833. The molecule has 98 valence electrons. The van der Waals surface area contributed by atoms with Crippen LogP contribution in [-0.2, 0) is 14.3 Å². The molecule has 0 aromatic carbocycles. The molecule has 2 amide bonds. The molecule has 5 heteroatoms. The summed E-state index contributed by atoms with van der Waals surface area (Å²) < 4.78 is 5.30. The van der Waals surface area contributed by atoms with Gasteiger partial charge >= 0.3 is 0 Å². The normalized spacial score (nSPS) is 23.4. The molecule has 1 fully saturated rings. The van der Waals surface area contributed by atoms with Crippen LogP contribution in [0.2, 0.25) is 0 Å². The minimum absolute atomic E-state index is 0.0460. The van der Waals surface area contributed by atoms with Crippen molar-refractivity contribution in [1.82, 2.24) is 5.32 Å². The molecule has 0 aliphatic carbocycles. The summed E-state index contributed by atoms with van der Waals surface area (Å²) in [6.07, 6.45) is 1.65. The van der Waals surface area contributed by atoms with E-state index in [-0.39, 0.29) is 11.8 Å². The van der Waals surface area contributed by atoms with E-state index in [4.69, 9.17) is 10.5 Å². The van der Waals surface area contributed by atoms with Crippen molar-refractivity contribution in [3.8, 4) is 0 Å². The van der Waals surface area contributed by atoms with Crippen LogP contribution in [0, 0.1) is 5.92 Å². The number of carbonyl (C=O) groups excluding carboxylic acids is 2. The van der Waals surface area contributed by atoms with Crippen LogP contribution in [0.15, 0.2) is 0 Å². The van der Waals surface area contributed by atoms with Gasteiger partial charge in [-0.05, 0) is 25.2 Å². The van der Waals surface area contributed by atoms with Gasteiger partial charge in [0.25, 0.3) is 0 Å². The number of hydrogen-bond donors (Lipinski definition) is 2. The standard InChI is InChI=1S/C12H22N2O3/c1-4-12(8(2)3,11(13)16)14-10(15)9-6-5-7-17-9/h8-9H,4-7H2,1-3H3,(H2,13,16)(H,14,15)/t9-,12+/m0/s1. The predicted octanol–water partition coefficient (Wildman–Crippen LogP) is 0.572. The summed E-state index contributed by atoms with van der Waals surface area (Å²) in [5.74, 6) is -0.756. The summed E-state index contributed by atoms with van der Waals surface area (Å²) in [4.78, 5) is 23.6. The quantitative estimate of drug-likeness (QED) is 0.739. The number of rotatable bonds is 5. The molecule has 1 saturated heterocycles. The highest BCUT2D eigenvalue weighted by molar-refractivity contribution is 5.92. The van der Waals surface area contributed by atoms with Crippen LogP contribution in [0.3, 0.4) is 0 Å². The maximum Gasteiger partial charge on any atom is 0.249 e. The maximum atomic E-state index is 12.0. The Morgan fingerprint density at radius 2 is 2.18 bits per heavy atom. The van der Waals surface area contributed by atoms with E-state index in [1.54, 1.807) is 0 Å². The Balaban J connectivity index is 2.78. The van der Waals surface area contributed by atoms with Crippen molar-refractivity contribution in [2.24, 2.45) is 11.7 Å². The van der Waals surface area contributed by atoms with Crippen molar-refractivity contribution in [3.05, 3.63) is 0 Å². The van der Waals surface area contributed by atoms with E-state index in [1.165, 1.54) is 0 Å². The number of nitrogens with one attached hydrogen (secondary N) is 1. The monoisotopic (exact) mass is 242 g/mol. The molecule has 3 N–H and O–H groups in total. The van der Waals surface area contributed by atoms with Crippen molar-refractivity contribution < 1.29 is 14.3 Å². The molecular formula is C12H22N2O3. The molecule has 0 unspecified atom stereocenters. The number of amides is 2. The van der Waals surface area contributed by atoms with E-state index in [1.807, 2.05) is 20.8 Å². The highest BCUT2D eigenvalue weighted by Gasteiger charge is 2.41. The van der Waals surface area contributed by atoms with Crippen LogP contribution in [0.25, 0.3) is 0 Å². The SMILES string of the molecule is CC[C@](NC(=O)[C@@H]1CCCO1)(C(N)=O)C(C)C. The lowest BCUT2D eigenvalue weighted by Gasteiger charge is -2.35. The molecule has 0 aromatic heterocycles. The van der Waals surface area contributed by atoms with Gasteiger partial charge in [0.05, 0.1) is 0 Å². The highest BCUT2D eigenvalue weighted by Crippen LogP contribution is 2.22. The van der Waals surface area contributed by atoms with Gasteiger partial charge in [-0.3, -0.25) is 9.59 Å². The Morgan fingerprint density at radius 1 is 1.53 bits per heavy atom. The van der Waals surface area contributed by atoms with Crippen molar-refractivity contribution in [2.45, 2.75) is 51.7 Å². The van der Waals surface area contributed by atoms with Gasteiger partial charge in [0.2, 0.25) is 11.8 Å². The molecule has 17 heavy (non-hydrogen) atoms. The molecule has 2 atom stereocenters. The Morgan fingerprint density at radius 3 is 2.53 bits per heavy atom. The van der Waals surface area contributed by atoms with E-state index < -0.39 is 17.6 Å². The van der Waals surface area contributed by atoms with Crippen LogP contribution >= 0.6 is 0 Å². The molecule has 1 heterocycles. The number of primary amides is 1. The van der Waals surface area contributed by atoms with Gasteiger partial charge < -0.3 is 15.8 Å². The minimum atomic E-state index is -0.969. The third kappa shape index (κ3) is 2.77. The van der Waals surface area contributed by atoms with E-state index in [2.05, 4.69) is 5.32 Å². The largest absolute Gasteiger partial charge is 0.368 e. The minimum Gasteiger partial charge on any atom is -0.368 e. The Kier molecular flexibility index (Phi) is 4.51. The number of hydrogen-bond acceptors (Lipinski definition) is 3. The molecule has 5 nitrogen and oxygen atoms in total. The van der Waals surface area contributed by atoms with Crippen LogP contribution in [0.1, 0.15) is 40.0 Å². The second-order valence-corrected chi connectivity index (χ2v) is 4.83. The lowest BCUT2D eigenvalue weighted by Crippen LogP contribution is -2.62. The lowest BCUT2D eigenvalue weighted by atomic mass is 9.83. The van der Waals surface area contributed by atoms with Crippen LogP contribution in [0.4, 0.5) is 0 Å². The van der Waals surface area contributed by atoms with Crippen molar-refractivity contribution in [3.63, 3.8) is 0 Å². The van der Waals surface area contributed by atoms with E-state index >= 15 is 0 Å². The summed E-state index contributed by atoms with van der Waals surface area (Å²) in [6, 6.07) is 0. The first kappa shape index (κ1) is 14.0. The van der Waals surface area contributed by atoms with Crippen molar-refractivity contribution >= 4 is 11.8 Å². The van der Waals surface area contributed by atoms with Gasteiger partial charge in [-0.25, -0.2) is 0 Å². The smallest absolute Gasteiger partial charge is 0.249 e. The summed E-state index contributed by atoms with van der Waals surface area (Å²) in [6.45, 7) is 6.21. The average molecular weight is 242 g/mol. The second-order valence-electron chi connectivity index (χ2n) is 4.83. The van der Waals surface area contributed by atoms with Crippen LogP contribution < -0.4 is 11.1 Å². The molecule has 0 saturated carbocycles. The first-order valence-corrected chi connectivity index (χ1v) is 6.17. The van der Waals surface area contributed by atoms with Crippen molar-refractivity contribution in [2.75, 3.05) is 6.61 Å². The van der Waals surface area contributed by atoms with Gasteiger partial charge in [0, 0.05) is 6.61 Å². The van der Waals surface area contributed by atoms with Gasteiger partial charge in [-0.2, -0.15) is 0 Å². The molecule has 0 spiro atoms. The molecule has 0 aromatic rings. The molecule has 0 bridgehead atoms. The topological polar surface area (TPSA) is 81.4 Å². The number of carbonyl (C=O) groups is 2. The third-order valence-electron chi connectivity index (χ3n) is 3.55. The zero-order valence-electron chi connectivity index (χ0n) is 10.8. The summed E-state index contributed by atoms with van der Waals surface area (Å²) in [5.41, 5.74) is 4.47.